The first-order valence-corrected chi connectivity index (χ1v) is 5.60. The molecule has 0 spiro atoms. The average molecular weight is 279 g/mol. The Bertz CT molecular complexity index is 290. The molecule has 0 unspecified atom stereocenters. The smallest absolute Gasteiger partial charge is 0.0460 e. The average Bonchev–Trinajstić information content (AvgIpc) is 2.31. The topological polar surface area (TPSA) is 36.4 Å². The van der Waals surface area contributed by atoms with E-state index in [0.717, 1.165) is 32.5 Å². The van der Waals surface area contributed by atoms with Gasteiger partial charge in [0.15, 0.2) is 0 Å². The zero-order chi connectivity index (χ0) is 10.5. The van der Waals surface area contributed by atoms with Crippen LogP contribution in [0.25, 0.3) is 0 Å². The standard InChI is InChI=1S/C12H18N2O.2ClH/c15-10-11-3-6-14(7-4-11)9-12-2-1-5-13-8-12;;/h1-2,5,8,11,15H,3-4,6-7,9-10H2;2*1H. The van der Waals surface area contributed by atoms with Crippen molar-refractivity contribution in [3.63, 3.8) is 0 Å². The van der Waals surface area contributed by atoms with Gasteiger partial charge in [-0.1, -0.05) is 6.07 Å². The van der Waals surface area contributed by atoms with Crippen molar-refractivity contribution < 1.29 is 5.11 Å². The fourth-order valence-corrected chi connectivity index (χ4v) is 2.08. The molecule has 1 fully saturated rings. The number of hydrogen-bond donors (Lipinski definition) is 1. The van der Waals surface area contributed by atoms with E-state index in [-0.39, 0.29) is 24.8 Å². The predicted molar refractivity (Wildman–Crippen MR) is 73.8 cm³/mol. The minimum atomic E-state index is 0. The summed E-state index contributed by atoms with van der Waals surface area (Å²) in [4.78, 5) is 6.55. The quantitative estimate of drug-likeness (QED) is 0.920. The monoisotopic (exact) mass is 278 g/mol. The number of piperidine rings is 1. The van der Waals surface area contributed by atoms with Crippen LogP contribution in [0.1, 0.15) is 18.4 Å². The van der Waals surface area contributed by atoms with Crippen molar-refractivity contribution in [2.75, 3.05) is 19.7 Å². The molecule has 1 saturated heterocycles. The van der Waals surface area contributed by atoms with Crippen LogP contribution >= 0.6 is 24.8 Å². The van der Waals surface area contributed by atoms with Crippen LogP contribution in [-0.2, 0) is 6.54 Å². The lowest BCUT2D eigenvalue weighted by atomic mass is 9.98. The van der Waals surface area contributed by atoms with Gasteiger partial charge in [0.25, 0.3) is 0 Å². The van der Waals surface area contributed by atoms with Crippen LogP contribution < -0.4 is 0 Å². The van der Waals surface area contributed by atoms with Gasteiger partial charge in [-0.2, -0.15) is 0 Å². The van der Waals surface area contributed by atoms with Gasteiger partial charge in [-0.15, -0.1) is 24.8 Å². The van der Waals surface area contributed by atoms with Crippen molar-refractivity contribution in [1.29, 1.82) is 0 Å². The van der Waals surface area contributed by atoms with Crippen LogP contribution in [-0.4, -0.2) is 34.7 Å². The first-order chi connectivity index (χ1) is 7.38. The van der Waals surface area contributed by atoms with Gasteiger partial charge in [-0.05, 0) is 43.5 Å². The van der Waals surface area contributed by atoms with Crippen LogP contribution in [0.5, 0.6) is 0 Å². The van der Waals surface area contributed by atoms with Crippen LogP contribution in [0, 0.1) is 5.92 Å². The number of rotatable bonds is 3. The molecule has 3 nitrogen and oxygen atoms in total. The van der Waals surface area contributed by atoms with E-state index in [2.05, 4.69) is 16.0 Å². The summed E-state index contributed by atoms with van der Waals surface area (Å²) >= 11 is 0. The molecule has 0 aliphatic carbocycles. The number of aliphatic hydroxyl groups excluding tert-OH is 1. The second-order valence-electron chi connectivity index (χ2n) is 4.26. The molecular weight excluding hydrogens is 259 g/mol. The Labute approximate surface area is 115 Å². The van der Waals surface area contributed by atoms with Crippen molar-refractivity contribution in [3.8, 4) is 0 Å². The van der Waals surface area contributed by atoms with Gasteiger partial charge in [0.1, 0.15) is 0 Å². The molecule has 1 aliphatic rings. The Morgan fingerprint density at radius 1 is 1.29 bits per heavy atom. The number of pyridine rings is 1. The first-order valence-electron chi connectivity index (χ1n) is 5.60. The van der Waals surface area contributed by atoms with Crippen molar-refractivity contribution in [3.05, 3.63) is 30.1 Å². The lowest BCUT2D eigenvalue weighted by Crippen LogP contribution is -2.34. The number of likely N-dealkylation sites (tertiary alicyclic amines) is 1. The fourth-order valence-electron chi connectivity index (χ4n) is 2.08. The van der Waals surface area contributed by atoms with Gasteiger partial charge in [0.2, 0.25) is 0 Å². The Balaban J connectivity index is 0.00000128. The Morgan fingerprint density at radius 2 is 2.00 bits per heavy atom. The minimum Gasteiger partial charge on any atom is -0.396 e. The minimum absolute atomic E-state index is 0. The van der Waals surface area contributed by atoms with Gasteiger partial charge in [0.05, 0.1) is 0 Å². The lowest BCUT2D eigenvalue weighted by molar-refractivity contribution is 0.127. The zero-order valence-electron chi connectivity index (χ0n) is 9.79. The second-order valence-corrected chi connectivity index (χ2v) is 4.26. The molecule has 0 saturated carbocycles. The lowest BCUT2D eigenvalue weighted by Gasteiger charge is -2.30. The summed E-state index contributed by atoms with van der Waals surface area (Å²) in [7, 11) is 0. The number of nitrogens with zero attached hydrogens (tertiary/aromatic N) is 2. The summed E-state index contributed by atoms with van der Waals surface area (Å²) in [6.07, 6.45) is 5.98. The highest BCUT2D eigenvalue weighted by atomic mass is 35.5. The highest BCUT2D eigenvalue weighted by molar-refractivity contribution is 5.85. The van der Waals surface area contributed by atoms with Crippen LogP contribution in [0.15, 0.2) is 24.5 Å². The molecule has 0 bridgehead atoms. The molecule has 17 heavy (non-hydrogen) atoms. The first kappa shape index (κ1) is 16.6. The number of hydrogen-bond acceptors (Lipinski definition) is 3. The molecule has 0 atom stereocenters. The molecule has 1 aliphatic heterocycles. The van der Waals surface area contributed by atoms with Gasteiger partial charge in [-0.3, -0.25) is 9.88 Å². The van der Waals surface area contributed by atoms with E-state index in [4.69, 9.17) is 5.11 Å². The molecule has 0 aromatic carbocycles. The molecule has 1 N–H and O–H groups in total. The maximum atomic E-state index is 9.04. The van der Waals surface area contributed by atoms with Crippen LogP contribution in [0.4, 0.5) is 0 Å². The normalized spacial score (nSPS) is 17.0. The van der Waals surface area contributed by atoms with Crippen LogP contribution in [0.3, 0.4) is 0 Å². The Kier molecular flexibility index (Phi) is 8.52. The second kappa shape index (κ2) is 8.70. The van der Waals surface area contributed by atoms with E-state index in [0.29, 0.717) is 12.5 Å². The summed E-state index contributed by atoms with van der Waals surface area (Å²) in [5.41, 5.74) is 1.28. The molecule has 1 aromatic rings. The maximum Gasteiger partial charge on any atom is 0.0460 e. The number of aromatic nitrogens is 1. The maximum absolute atomic E-state index is 9.04. The third-order valence-corrected chi connectivity index (χ3v) is 3.09. The number of aliphatic hydroxyl groups is 1. The summed E-state index contributed by atoms with van der Waals surface area (Å²) in [5.74, 6) is 0.523. The van der Waals surface area contributed by atoms with Gasteiger partial charge < -0.3 is 5.11 Å². The van der Waals surface area contributed by atoms with Gasteiger partial charge in [0, 0.05) is 25.5 Å². The summed E-state index contributed by atoms with van der Waals surface area (Å²) in [6, 6.07) is 4.10. The third-order valence-electron chi connectivity index (χ3n) is 3.09. The van der Waals surface area contributed by atoms with E-state index >= 15 is 0 Å². The van der Waals surface area contributed by atoms with Crippen molar-refractivity contribution in [2.45, 2.75) is 19.4 Å². The molecule has 98 valence electrons. The Morgan fingerprint density at radius 3 is 2.53 bits per heavy atom. The highest BCUT2D eigenvalue weighted by Crippen LogP contribution is 2.17. The van der Waals surface area contributed by atoms with E-state index in [1.165, 1.54) is 5.56 Å². The van der Waals surface area contributed by atoms with E-state index < -0.39 is 0 Å². The Hall–Kier alpha value is -0.350. The molecule has 0 amide bonds. The number of halogens is 2. The van der Waals surface area contributed by atoms with E-state index in [9.17, 15) is 0 Å². The highest BCUT2D eigenvalue weighted by Gasteiger charge is 2.18. The van der Waals surface area contributed by atoms with E-state index in [1.807, 2.05) is 18.5 Å². The fraction of sp³-hybridized carbons (Fsp3) is 0.583. The predicted octanol–water partition coefficient (Wildman–Crippen LogP) is 2.13. The third kappa shape index (κ3) is 5.21. The SMILES string of the molecule is Cl.Cl.OCC1CCN(Cc2cccnc2)CC1. The summed E-state index contributed by atoms with van der Waals surface area (Å²) < 4.78 is 0. The van der Waals surface area contributed by atoms with Crippen molar-refractivity contribution in [2.24, 2.45) is 5.92 Å². The molecule has 2 rings (SSSR count). The van der Waals surface area contributed by atoms with Crippen molar-refractivity contribution in [1.82, 2.24) is 9.88 Å². The summed E-state index contributed by atoms with van der Waals surface area (Å²) in [6.45, 7) is 3.53. The molecule has 2 heterocycles. The molecule has 5 heteroatoms. The van der Waals surface area contributed by atoms with Gasteiger partial charge in [-0.25, -0.2) is 0 Å². The molecule has 1 aromatic heterocycles. The molecular formula is C12H20Cl2N2O. The van der Waals surface area contributed by atoms with E-state index in [1.54, 1.807) is 0 Å². The largest absolute Gasteiger partial charge is 0.396 e. The summed E-state index contributed by atoms with van der Waals surface area (Å²) in [5, 5.41) is 9.04. The van der Waals surface area contributed by atoms with Gasteiger partial charge >= 0.3 is 0 Å². The zero-order valence-corrected chi connectivity index (χ0v) is 11.4. The van der Waals surface area contributed by atoms with Crippen molar-refractivity contribution >= 4 is 24.8 Å². The molecule has 0 radical (unpaired) electrons. The van der Waals surface area contributed by atoms with Crippen LogP contribution in [0.2, 0.25) is 0 Å².